The van der Waals surface area contributed by atoms with Crippen molar-refractivity contribution < 1.29 is 14.1 Å². The van der Waals surface area contributed by atoms with Crippen molar-refractivity contribution in [1.82, 2.24) is 14.5 Å². The fourth-order valence-electron chi connectivity index (χ4n) is 2.62. The van der Waals surface area contributed by atoms with Crippen molar-refractivity contribution in [2.24, 2.45) is 0 Å². The van der Waals surface area contributed by atoms with E-state index in [1.165, 1.54) is 21.8 Å². The van der Waals surface area contributed by atoms with Gasteiger partial charge in [-0.15, -0.1) is 11.3 Å². The van der Waals surface area contributed by atoms with Crippen molar-refractivity contribution in [1.29, 1.82) is 0 Å². The Kier molecular flexibility index (Phi) is 4.51. The molecule has 3 heterocycles. The smallest absolute Gasteiger partial charge is 0.344 e. The number of hydrogen-bond donors (Lipinski definition) is 0. The average Bonchev–Trinajstić information content (AvgIpc) is 3.27. The van der Waals surface area contributed by atoms with E-state index in [1.54, 1.807) is 42.8 Å². The Morgan fingerprint density at radius 2 is 2.19 bits per heavy atom. The fourth-order valence-corrected chi connectivity index (χ4v) is 3.59. The number of esters is 1. The molecule has 4 rings (SSSR count). The summed E-state index contributed by atoms with van der Waals surface area (Å²) in [4.78, 5) is 29.5. The Bertz CT molecular complexity index is 1210. The number of fused-ring (bicyclic) bond motifs is 1. The van der Waals surface area contributed by atoms with Gasteiger partial charge >= 0.3 is 5.97 Å². The summed E-state index contributed by atoms with van der Waals surface area (Å²) < 4.78 is 11.9. The maximum atomic E-state index is 12.6. The molecule has 9 heteroatoms. The lowest BCUT2D eigenvalue weighted by Gasteiger charge is -2.06. The van der Waals surface area contributed by atoms with Gasteiger partial charge in [0.1, 0.15) is 23.6 Å². The van der Waals surface area contributed by atoms with Crippen LogP contribution < -0.4 is 5.56 Å². The first-order chi connectivity index (χ1) is 13.0. The standard InChI is InChI=1S/C18H12ClN3O4S/c1-10-15(16(21-26-10)12-4-2-3-5-13(12)19)17(24)25-9-11-8-14(23)22-6-7-27-18(22)20-11/h2-8H,9H2,1H3. The molecular formula is C18H12ClN3O4S. The molecule has 0 fully saturated rings. The maximum Gasteiger partial charge on any atom is 0.344 e. The summed E-state index contributed by atoms with van der Waals surface area (Å²) in [7, 11) is 0. The molecule has 7 nitrogen and oxygen atoms in total. The van der Waals surface area contributed by atoms with Crippen molar-refractivity contribution in [3.63, 3.8) is 0 Å². The molecule has 0 unspecified atom stereocenters. The summed E-state index contributed by atoms with van der Waals surface area (Å²) in [6.45, 7) is 1.47. The molecule has 136 valence electrons. The molecule has 0 atom stereocenters. The van der Waals surface area contributed by atoms with Crippen LogP contribution in [0.5, 0.6) is 0 Å². The van der Waals surface area contributed by atoms with E-state index in [2.05, 4.69) is 10.1 Å². The summed E-state index contributed by atoms with van der Waals surface area (Å²) in [6, 6.07) is 8.34. The highest BCUT2D eigenvalue weighted by atomic mass is 35.5. The lowest BCUT2D eigenvalue weighted by atomic mass is 10.1. The molecule has 4 aromatic rings. The predicted octanol–water partition coefficient (Wildman–Crippen LogP) is 3.73. The third-order valence-corrected chi connectivity index (χ3v) is 4.99. The Balaban J connectivity index is 1.61. The second kappa shape index (κ2) is 6.98. The number of nitrogens with zero attached hydrogens (tertiary/aromatic N) is 3. The number of benzene rings is 1. The molecule has 0 radical (unpaired) electrons. The number of aromatic nitrogens is 3. The maximum absolute atomic E-state index is 12.6. The fraction of sp³-hybridized carbons (Fsp3) is 0.111. The highest BCUT2D eigenvalue weighted by Crippen LogP contribution is 2.31. The molecule has 0 aliphatic heterocycles. The SMILES string of the molecule is Cc1onc(-c2ccccc2Cl)c1C(=O)OCc1cc(=O)n2ccsc2n1. The first kappa shape index (κ1) is 17.4. The molecule has 3 aromatic heterocycles. The van der Waals surface area contributed by atoms with Crippen molar-refractivity contribution in [3.8, 4) is 11.3 Å². The first-order valence-corrected chi connectivity index (χ1v) is 9.14. The number of carbonyl (C=O) groups is 1. The van der Waals surface area contributed by atoms with Crippen LogP contribution in [0.15, 0.2) is 51.2 Å². The number of ether oxygens (including phenoxy) is 1. The summed E-state index contributed by atoms with van der Waals surface area (Å²) >= 11 is 7.52. The van der Waals surface area contributed by atoms with Crippen LogP contribution in [-0.2, 0) is 11.3 Å². The summed E-state index contributed by atoms with van der Waals surface area (Å²) in [5, 5.41) is 6.15. The van der Waals surface area contributed by atoms with E-state index in [9.17, 15) is 9.59 Å². The quantitative estimate of drug-likeness (QED) is 0.484. The van der Waals surface area contributed by atoms with Gasteiger partial charge in [-0.2, -0.15) is 0 Å². The van der Waals surface area contributed by atoms with Crippen LogP contribution in [-0.4, -0.2) is 20.5 Å². The second-order valence-corrected chi connectivity index (χ2v) is 6.94. The van der Waals surface area contributed by atoms with Crippen LogP contribution in [0.4, 0.5) is 0 Å². The number of thiazole rings is 1. The van der Waals surface area contributed by atoms with E-state index in [0.717, 1.165) is 0 Å². The van der Waals surface area contributed by atoms with Crippen molar-refractivity contribution in [2.45, 2.75) is 13.5 Å². The van der Waals surface area contributed by atoms with Gasteiger partial charge in [-0.3, -0.25) is 9.20 Å². The minimum absolute atomic E-state index is 0.144. The van der Waals surface area contributed by atoms with E-state index in [0.29, 0.717) is 32.7 Å². The number of rotatable bonds is 4. The van der Waals surface area contributed by atoms with Crippen molar-refractivity contribution in [3.05, 3.63) is 74.3 Å². The molecule has 0 aliphatic carbocycles. The van der Waals surface area contributed by atoms with Crippen LogP contribution in [0.1, 0.15) is 21.8 Å². The Hall–Kier alpha value is -2.97. The van der Waals surface area contributed by atoms with Crippen LogP contribution in [0.2, 0.25) is 5.02 Å². The summed E-state index contributed by atoms with van der Waals surface area (Å²) in [5.74, 6) is -0.312. The zero-order chi connectivity index (χ0) is 19.0. The second-order valence-electron chi connectivity index (χ2n) is 5.66. The third kappa shape index (κ3) is 3.24. The van der Waals surface area contributed by atoms with E-state index < -0.39 is 5.97 Å². The van der Waals surface area contributed by atoms with Gasteiger partial charge < -0.3 is 9.26 Å². The van der Waals surface area contributed by atoms with Crippen LogP contribution in [0, 0.1) is 6.92 Å². The van der Waals surface area contributed by atoms with Crippen LogP contribution >= 0.6 is 22.9 Å². The normalized spacial score (nSPS) is 11.0. The van der Waals surface area contributed by atoms with E-state index >= 15 is 0 Å². The number of hydrogen-bond acceptors (Lipinski definition) is 7. The van der Waals surface area contributed by atoms with Crippen LogP contribution in [0.25, 0.3) is 16.2 Å². The molecule has 0 N–H and O–H groups in total. The molecule has 27 heavy (non-hydrogen) atoms. The molecular weight excluding hydrogens is 390 g/mol. The monoisotopic (exact) mass is 401 g/mol. The van der Waals surface area contributed by atoms with Gasteiger partial charge in [-0.05, 0) is 13.0 Å². The minimum atomic E-state index is -0.628. The molecule has 0 spiro atoms. The predicted molar refractivity (Wildman–Crippen MR) is 100 cm³/mol. The molecule has 1 aromatic carbocycles. The molecule has 0 aliphatic rings. The van der Waals surface area contributed by atoms with E-state index in [-0.39, 0.29) is 17.7 Å². The lowest BCUT2D eigenvalue weighted by Crippen LogP contribution is -2.15. The summed E-state index contributed by atoms with van der Waals surface area (Å²) in [6.07, 6.45) is 1.64. The summed E-state index contributed by atoms with van der Waals surface area (Å²) in [5.41, 5.74) is 1.20. The third-order valence-electron chi connectivity index (χ3n) is 3.90. The van der Waals surface area contributed by atoms with Crippen LogP contribution in [0.3, 0.4) is 0 Å². The highest BCUT2D eigenvalue weighted by Gasteiger charge is 2.24. The average molecular weight is 402 g/mol. The van der Waals surface area contributed by atoms with Crippen molar-refractivity contribution in [2.75, 3.05) is 0 Å². The van der Waals surface area contributed by atoms with Gasteiger partial charge in [0.2, 0.25) is 0 Å². The van der Waals surface area contributed by atoms with E-state index in [1.807, 2.05) is 0 Å². The van der Waals surface area contributed by atoms with Gasteiger partial charge in [0.15, 0.2) is 4.96 Å². The molecule has 0 saturated carbocycles. The number of halogens is 1. The van der Waals surface area contributed by atoms with Gasteiger partial charge in [0.25, 0.3) is 5.56 Å². The molecule has 0 amide bonds. The van der Waals surface area contributed by atoms with Crippen molar-refractivity contribution >= 4 is 33.9 Å². The largest absolute Gasteiger partial charge is 0.455 e. The highest BCUT2D eigenvalue weighted by molar-refractivity contribution is 7.15. The first-order valence-electron chi connectivity index (χ1n) is 7.88. The van der Waals surface area contributed by atoms with Gasteiger partial charge in [-0.25, -0.2) is 9.78 Å². The van der Waals surface area contributed by atoms with Gasteiger partial charge in [-0.1, -0.05) is 35.0 Å². The molecule has 0 saturated heterocycles. The Labute approximate surface area is 161 Å². The van der Waals surface area contributed by atoms with Gasteiger partial charge in [0, 0.05) is 23.2 Å². The topological polar surface area (TPSA) is 86.7 Å². The minimum Gasteiger partial charge on any atom is -0.455 e. The Morgan fingerprint density at radius 3 is 3.00 bits per heavy atom. The van der Waals surface area contributed by atoms with E-state index in [4.69, 9.17) is 20.9 Å². The lowest BCUT2D eigenvalue weighted by molar-refractivity contribution is 0.0466. The molecule has 0 bridgehead atoms. The zero-order valence-electron chi connectivity index (χ0n) is 14.0. The number of aryl methyl sites for hydroxylation is 1. The Morgan fingerprint density at radius 1 is 1.37 bits per heavy atom. The number of carbonyl (C=O) groups excluding carboxylic acids is 1. The van der Waals surface area contributed by atoms with Gasteiger partial charge in [0.05, 0.1) is 10.7 Å². The zero-order valence-corrected chi connectivity index (χ0v) is 15.6.